The summed E-state index contributed by atoms with van der Waals surface area (Å²) in [5, 5.41) is 0. The molecule has 0 aliphatic heterocycles. The Hall–Kier alpha value is -3.09. The van der Waals surface area contributed by atoms with Crippen LogP contribution in [0.25, 0.3) is 22.6 Å². The zero-order chi connectivity index (χ0) is 18.0. The topological polar surface area (TPSA) is 66.2 Å². The Kier molecular flexibility index (Phi) is 3.06. The highest BCUT2D eigenvalue weighted by molar-refractivity contribution is 5.76. The van der Waals surface area contributed by atoms with Crippen LogP contribution >= 0.6 is 0 Å². The van der Waals surface area contributed by atoms with Gasteiger partial charge < -0.3 is 0 Å². The summed E-state index contributed by atoms with van der Waals surface area (Å²) in [5.74, 6) is 0.625. The maximum atomic E-state index is 12.6. The summed E-state index contributed by atoms with van der Waals surface area (Å²) >= 11 is 0. The first-order valence-corrected chi connectivity index (χ1v) is 8.05. The third-order valence-electron chi connectivity index (χ3n) is 4.96. The van der Waals surface area contributed by atoms with E-state index in [9.17, 15) is 9.59 Å². The molecule has 4 aromatic rings. The minimum atomic E-state index is -0.381. The predicted molar refractivity (Wildman–Crippen MR) is 96.7 cm³/mol. The van der Waals surface area contributed by atoms with Crippen molar-refractivity contribution in [3.63, 3.8) is 0 Å². The molecular formula is C18H19N5O2. The zero-order valence-corrected chi connectivity index (χ0v) is 14.9. The van der Waals surface area contributed by atoms with Gasteiger partial charge in [-0.05, 0) is 38.0 Å². The maximum Gasteiger partial charge on any atom is 0.332 e. The first-order valence-electron chi connectivity index (χ1n) is 8.05. The molecule has 0 fully saturated rings. The average molecular weight is 337 g/mol. The SMILES string of the molecule is Cc1cccc(-n2c(C)cn3c4c(=O)n(C)c(=O)n(C)c4nc23)c1C. The second-order valence-electron chi connectivity index (χ2n) is 6.48. The molecule has 0 atom stereocenters. The number of aryl methyl sites for hydroxylation is 3. The summed E-state index contributed by atoms with van der Waals surface area (Å²) < 4.78 is 6.31. The molecule has 3 heterocycles. The van der Waals surface area contributed by atoms with E-state index in [-0.39, 0.29) is 11.2 Å². The van der Waals surface area contributed by atoms with Crippen LogP contribution in [0, 0.1) is 20.8 Å². The Labute approximate surface area is 143 Å². The number of benzene rings is 1. The van der Waals surface area contributed by atoms with E-state index in [0.717, 1.165) is 21.5 Å². The van der Waals surface area contributed by atoms with Crippen LogP contribution in [-0.4, -0.2) is 23.1 Å². The lowest BCUT2D eigenvalue weighted by Gasteiger charge is -2.11. The van der Waals surface area contributed by atoms with Crippen molar-refractivity contribution in [3.05, 3.63) is 62.1 Å². The Balaban J connectivity index is 2.23. The van der Waals surface area contributed by atoms with Crippen molar-refractivity contribution in [1.82, 2.24) is 23.1 Å². The van der Waals surface area contributed by atoms with Gasteiger partial charge in [-0.1, -0.05) is 12.1 Å². The van der Waals surface area contributed by atoms with Gasteiger partial charge in [0, 0.05) is 26.0 Å². The van der Waals surface area contributed by atoms with Gasteiger partial charge in [0.1, 0.15) is 0 Å². The molecule has 0 bridgehead atoms. The van der Waals surface area contributed by atoms with E-state index in [2.05, 4.69) is 24.9 Å². The molecule has 0 saturated heterocycles. The summed E-state index contributed by atoms with van der Waals surface area (Å²) in [6.07, 6.45) is 1.89. The predicted octanol–water partition coefficient (Wildman–Crippen LogP) is 1.60. The first kappa shape index (κ1) is 15.4. The van der Waals surface area contributed by atoms with Crippen LogP contribution in [0.1, 0.15) is 16.8 Å². The van der Waals surface area contributed by atoms with Gasteiger partial charge in [0.2, 0.25) is 5.78 Å². The van der Waals surface area contributed by atoms with Crippen molar-refractivity contribution < 1.29 is 0 Å². The van der Waals surface area contributed by atoms with Gasteiger partial charge in [-0.2, -0.15) is 4.98 Å². The Morgan fingerprint density at radius 3 is 2.44 bits per heavy atom. The van der Waals surface area contributed by atoms with Gasteiger partial charge in [-0.3, -0.25) is 22.9 Å². The largest absolute Gasteiger partial charge is 0.332 e. The highest BCUT2D eigenvalue weighted by Gasteiger charge is 2.20. The van der Waals surface area contributed by atoms with Crippen molar-refractivity contribution in [2.45, 2.75) is 20.8 Å². The van der Waals surface area contributed by atoms with E-state index in [1.807, 2.05) is 29.8 Å². The minimum absolute atomic E-state index is 0.344. The lowest BCUT2D eigenvalue weighted by Crippen LogP contribution is -2.37. The Morgan fingerprint density at radius 1 is 1.00 bits per heavy atom. The summed E-state index contributed by atoms with van der Waals surface area (Å²) in [7, 11) is 3.11. The molecule has 0 saturated carbocycles. The third-order valence-corrected chi connectivity index (χ3v) is 4.96. The van der Waals surface area contributed by atoms with Crippen LogP contribution in [0.2, 0.25) is 0 Å². The minimum Gasteiger partial charge on any atom is -0.283 e. The average Bonchev–Trinajstić information content (AvgIpc) is 3.08. The van der Waals surface area contributed by atoms with E-state index in [1.54, 1.807) is 11.4 Å². The molecule has 0 aliphatic rings. The molecule has 1 aromatic carbocycles. The molecule has 7 nitrogen and oxygen atoms in total. The molecule has 3 aromatic heterocycles. The van der Waals surface area contributed by atoms with E-state index >= 15 is 0 Å². The van der Waals surface area contributed by atoms with Gasteiger partial charge in [0.25, 0.3) is 5.56 Å². The van der Waals surface area contributed by atoms with Gasteiger partial charge in [0.15, 0.2) is 11.2 Å². The molecular weight excluding hydrogens is 318 g/mol. The van der Waals surface area contributed by atoms with Crippen LogP contribution in [0.5, 0.6) is 0 Å². The lowest BCUT2D eigenvalue weighted by molar-refractivity contribution is 0.707. The Bertz CT molecular complexity index is 1280. The van der Waals surface area contributed by atoms with Crippen molar-refractivity contribution >= 4 is 16.9 Å². The van der Waals surface area contributed by atoms with Crippen LogP contribution in [0.15, 0.2) is 34.0 Å². The lowest BCUT2D eigenvalue weighted by atomic mass is 10.1. The zero-order valence-electron chi connectivity index (χ0n) is 14.9. The van der Waals surface area contributed by atoms with Gasteiger partial charge in [0.05, 0.1) is 5.69 Å². The standard InChI is InChI=1S/C18H19N5O2/c1-10-7-6-8-13(12(10)3)23-11(2)9-22-14-15(19-17(22)23)20(4)18(25)21(5)16(14)24/h6-9H,1-5H3. The molecule has 128 valence electrons. The quantitative estimate of drug-likeness (QED) is 0.530. The molecule has 4 rings (SSSR count). The fraction of sp³-hybridized carbons (Fsp3) is 0.278. The first-order chi connectivity index (χ1) is 11.8. The van der Waals surface area contributed by atoms with Crippen LogP contribution < -0.4 is 11.2 Å². The van der Waals surface area contributed by atoms with Crippen LogP contribution in [-0.2, 0) is 14.1 Å². The smallest absolute Gasteiger partial charge is 0.283 e. The monoisotopic (exact) mass is 337 g/mol. The van der Waals surface area contributed by atoms with E-state index < -0.39 is 0 Å². The van der Waals surface area contributed by atoms with Crippen molar-refractivity contribution in [2.24, 2.45) is 14.1 Å². The van der Waals surface area contributed by atoms with Gasteiger partial charge in [-0.15, -0.1) is 0 Å². The summed E-state index contributed by atoms with van der Waals surface area (Å²) in [6.45, 7) is 6.11. The number of fused-ring (bicyclic) bond motifs is 3. The highest BCUT2D eigenvalue weighted by atomic mass is 16.2. The van der Waals surface area contributed by atoms with Crippen LogP contribution in [0.3, 0.4) is 0 Å². The molecule has 0 amide bonds. The molecule has 7 heteroatoms. The van der Waals surface area contributed by atoms with Crippen molar-refractivity contribution in [1.29, 1.82) is 0 Å². The number of hydrogen-bond donors (Lipinski definition) is 0. The molecule has 25 heavy (non-hydrogen) atoms. The highest BCUT2D eigenvalue weighted by Crippen LogP contribution is 2.24. The number of aromatic nitrogens is 5. The summed E-state index contributed by atoms with van der Waals surface area (Å²) in [6, 6.07) is 6.10. The molecule has 0 aliphatic carbocycles. The number of hydrogen-bond acceptors (Lipinski definition) is 3. The van der Waals surface area contributed by atoms with E-state index in [0.29, 0.717) is 16.9 Å². The Morgan fingerprint density at radius 2 is 1.72 bits per heavy atom. The molecule has 0 N–H and O–H groups in total. The number of nitrogens with zero attached hydrogens (tertiary/aromatic N) is 5. The second kappa shape index (κ2) is 4.95. The number of rotatable bonds is 1. The molecule has 0 unspecified atom stereocenters. The van der Waals surface area contributed by atoms with Gasteiger partial charge >= 0.3 is 5.69 Å². The molecule has 0 spiro atoms. The second-order valence-corrected chi connectivity index (χ2v) is 6.48. The number of imidazole rings is 2. The fourth-order valence-electron chi connectivity index (χ4n) is 3.36. The fourth-order valence-corrected chi connectivity index (χ4v) is 3.36. The van der Waals surface area contributed by atoms with Crippen molar-refractivity contribution in [3.8, 4) is 5.69 Å². The van der Waals surface area contributed by atoms with Gasteiger partial charge in [-0.25, -0.2) is 4.79 Å². The van der Waals surface area contributed by atoms with Crippen LogP contribution in [0.4, 0.5) is 0 Å². The summed E-state index contributed by atoms with van der Waals surface area (Å²) in [4.78, 5) is 29.4. The normalized spacial score (nSPS) is 11.7. The maximum absolute atomic E-state index is 12.6. The molecule has 0 radical (unpaired) electrons. The summed E-state index contributed by atoms with van der Waals surface area (Å²) in [5.41, 5.74) is 4.39. The van der Waals surface area contributed by atoms with E-state index in [1.165, 1.54) is 17.2 Å². The van der Waals surface area contributed by atoms with Crippen molar-refractivity contribution in [2.75, 3.05) is 0 Å². The van der Waals surface area contributed by atoms with E-state index in [4.69, 9.17) is 0 Å². The third kappa shape index (κ3) is 1.89.